The van der Waals surface area contributed by atoms with Gasteiger partial charge in [0.05, 0.1) is 0 Å². The number of carbonyl (C=O) groups is 3. The normalized spacial score (nSPS) is 12.9. The van der Waals surface area contributed by atoms with Gasteiger partial charge in [0, 0.05) is 19.3 Å². The fraction of sp³-hybridized carbons (Fsp3) is 0.687. The lowest BCUT2D eigenvalue weighted by Crippen LogP contribution is -2.30. The molecule has 416 valence electrons. The highest BCUT2D eigenvalue weighted by molar-refractivity contribution is 5.71. The van der Waals surface area contributed by atoms with Crippen LogP contribution in [0.15, 0.2) is 109 Å². The van der Waals surface area contributed by atoms with Gasteiger partial charge in [-0.15, -0.1) is 0 Å². The van der Waals surface area contributed by atoms with E-state index in [4.69, 9.17) is 14.2 Å². The van der Waals surface area contributed by atoms with Crippen molar-refractivity contribution in [3.8, 4) is 0 Å². The van der Waals surface area contributed by atoms with Crippen LogP contribution in [0.25, 0.3) is 0 Å². The lowest BCUT2D eigenvalue weighted by Gasteiger charge is -2.18. The Kier molecular flexibility index (Phi) is 57.4. The molecule has 0 aliphatic carbocycles. The Bertz CT molecular complexity index is 1490. The summed E-state index contributed by atoms with van der Waals surface area (Å²) in [6.07, 6.45) is 82.2. The van der Waals surface area contributed by atoms with Crippen molar-refractivity contribution in [2.24, 2.45) is 0 Å². The Morgan fingerprint density at radius 3 is 0.863 bits per heavy atom. The lowest BCUT2D eigenvalue weighted by molar-refractivity contribution is -0.167. The van der Waals surface area contributed by atoms with Crippen molar-refractivity contribution in [2.75, 3.05) is 13.2 Å². The summed E-state index contributed by atoms with van der Waals surface area (Å²) in [5.41, 5.74) is 0. The van der Waals surface area contributed by atoms with Crippen LogP contribution >= 0.6 is 0 Å². The Morgan fingerprint density at radius 2 is 0.534 bits per heavy atom. The van der Waals surface area contributed by atoms with Crippen LogP contribution in [0, 0.1) is 0 Å². The standard InChI is InChI=1S/C67H112O6/c1-4-7-10-13-16-19-22-25-27-28-29-30-31-32-33-34-35-36-37-38-40-42-45-48-51-54-57-60-66(69)72-63-64(62-71-65(68)59-56-53-50-47-44-41-24-21-18-15-12-9-6-3)73-67(70)61-58-55-52-49-46-43-39-26-23-20-17-14-11-8-5-2/h7,10,16-17,19-20,25-27,29-30,32-33,35-36,38-40,64H,4-6,8-9,11-15,18,21-24,28,31,34,37,41-63H2,1-3H3/b10-7-,19-16-,20-17-,27-25-,30-29-,33-32-,36-35-,39-26-,40-38-. The van der Waals surface area contributed by atoms with Crippen molar-refractivity contribution in [2.45, 2.75) is 284 Å². The lowest BCUT2D eigenvalue weighted by atomic mass is 10.0. The second kappa shape index (κ2) is 60.6. The molecule has 0 aliphatic rings. The van der Waals surface area contributed by atoms with Gasteiger partial charge in [-0.1, -0.05) is 259 Å². The zero-order valence-corrected chi connectivity index (χ0v) is 47.6. The first-order valence-corrected chi connectivity index (χ1v) is 30.4. The highest BCUT2D eigenvalue weighted by Gasteiger charge is 2.19. The first kappa shape index (κ1) is 69.1. The first-order chi connectivity index (χ1) is 36.0. The van der Waals surface area contributed by atoms with Crippen molar-refractivity contribution in [1.29, 1.82) is 0 Å². The van der Waals surface area contributed by atoms with E-state index in [1.165, 1.54) is 89.9 Å². The SMILES string of the molecule is CC/C=C\C/C=C\C/C=C\C/C=C\C/C=C\C/C=C\C/C=C\CCCCCCCC(=O)OCC(COC(=O)CCCCCCCCCCCCCCC)OC(=O)CCCCCCC/C=C\C/C=C\CCCCC. The summed E-state index contributed by atoms with van der Waals surface area (Å²) in [5.74, 6) is -0.919. The van der Waals surface area contributed by atoms with Crippen LogP contribution in [0.4, 0.5) is 0 Å². The van der Waals surface area contributed by atoms with Crippen molar-refractivity contribution < 1.29 is 28.6 Å². The van der Waals surface area contributed by atoms with Gasteiger partial charge >= 0.3 is 17.9 Å². The number of unbranched alkanes of at least 4 members (excludes halogenated alkanes) is 25. The quantitative estimate of drug-likeness (QED) is 0.0261. The molecule has 6 nitrogen and oxygen atoms in total. The molecule has 0 radical (unpaired) electrons. The topological polar surface area (TPSA) is 78.9 Å². The molecule has 0 aromatic carbocycles. The average molecular weight is 1010 g/mol. The number of hydrogen-bond donors (Lipinski definition) is 0. The number of ether oxygens (including phenoxy) is 3. The first-order valence-electron chi connectivity index (χ1n) is 30.4. The van der Waals surface area contributed by atoms with Crippen LogP contribution < -0.4 is 0 Å². The van der Waals surface area contributed by atoms with E-state index in [0.29, 0.717) is 19.3 Å². The summed E-state index contributed by atoms with van der Waals surface area (Å²) >= 11 is 0. The van der Waals surface area contributed by atoms with E-state index < -0.39 is 6.10 Å². The van der Waals surface area contributed by atoms with Crippen molar-refractivity contribution >= 4 is 17.9 Å². The van der Waals surface area contributed by atoms with Crippen LogP contribution in [0.2, 0.25) is 0 Å². The minimum absolute atomic E-state index is 0.0890. The molecular weight excluding hydrogens is 901 g/mol. The fourth-order valence-corrected chi connectivity index (χ4v) is 8.22. The van der Waals surface area contributed by atoms with Crippen LogP contribution in [-0.2, 0) is 28.6 Å². The Balaban J connectivity index is 4.38. The van der Waals surface area contributed by atoms with Gasteiger partial charge < -0.3 is 14.2 Å². The molecule has 0 aromatic rings. The van der Waals surface area contributed by atoms with E-state index in [9.17, 15) is 14.4 Å². The van der Waals surface area contributed by atoms with Crippen LogP contribution in [0.1, 0.15) is 278 Å². The number of carbonyl (C=O) groups excluding carboxylic acids is 3. The largest absolute Gasteiger partial charge is 0.462 e. The third-order valence-corrected chi connectivity index (χ3v) is 12.8. The Morgan fingerprint density at radius 1 is 0.288 bits per heavy atom. The van der Waals surface area contributed by atoms with Gasteiger partial charge in [-0.2, -0.15) is 0 Å². The monoisotopic (exact) mass is 1010 g/mol. The highest BCUT2D eigenvalue weighted by atomic mass is 16.6. The molecule has 0 spiro atoms. The maximum Gasteiger partial charge on any atom is 0.306 e. The summed E-state index contributed by atoms with van der Waals surface area (Å²) < 4.78 is 16.9. The number of hydrogen-bond acceptors (Lipinski definition) is 6. The molecule has 0 aliphatic heterocycles. The Hall–Kier alpha value is -3.93. The summed E-state index contributed by atoms with van der Waals surface area (Å²) in [6.45, 7) is 6.48. The van der Waals surface area contributed by atoms with E-state index in [1.54, 1.807) is 0 Å². The fourth-order valence-electron chi connectivity index (χ4n) is 8.22. The predicted molar refractivity (Wildman–Crippen MR) is 316 cm³/mol. The van der Waals surface area contributed by atoms with Crippen molar-refractivity contribution in [1.82, 2.24) is 0 Å². The van der Waals surface area contributed by atoms with Gasteiger partial charge in [0.1, 0.15) is 13.2 Å². The molecule has 0 amide bonds. The maximum atomic E-state index is 12.9. The van der Waals surface area contributed by atoms with E-state index in [0.717, 1.165) is 148 Å². The second-order valence-electron chi connectivity index (χ2n) is 19.9. The zero-order valence-electron chi connectivity index (χ0n) is 47.6. The van der Waals surface area contributed by atoms with Gasteiger partial charge in [-0.3, -0.25) is 14.4 Å². The summed E-state index contributed by atoms with van der Waals surface area (Å²) in [7, 11) is 0. The van der Waals surface area contributed by atoms with E-state index in [1.807, 2.05) is 0 Å². The molecule has 0 heterocycles. The van der Waals surface area contributed by atoms with Gasteiger partial charge in [0.25, 0.3) is 0 Å². The summed E-state index contributed by atoms with van der Waals surface area (Å²) in [5, 5.41) is 0. The molecule has 0 rings (SSSR count). The zero-order chi connectivity index (χ0) is 52.9. The molecular formula is C67H112O6. The van der Waals surface area contributed by atoms with Gasteiger partial charge in [0.2, 0.25) is 0 Å². The third-order valence-electron chi connectivity index (χ3n) is 12.8. The molecule has 0 N–H and O–H groups in total. The summed E-state index contributed by atoms with van der Waals surface area (Å²) in [4.78, 5) is 38.2. The minimum Gasteiger partial charge on any atom is -0.462 e. The smallest absolute Gasteiger partial charge is 0.306 e. The second-order valence-corrected chi connectivity index (χ2v) is 19.9. The van der Waals surface area contributed by atoms with Crippen molar-refractivity contribution in [3.63, 3.8) is 0 Å². The van der Waals surface area contributed by atoms with E-state index >= 15 is 0 Å². The Labute approximate surface area is 450 Å². The van der Waals surface area contributed by atoms with Crippen LogP contribution in [0.5, 0.6) is 0 Å². The van der Waals surface area contributed by atoms with Gasteiger partial charge in [-0.05, 0) is 109 Å². The molecule has 0 saturated carbocycles. The molecule has 73 heavy (non-hydrogen) atoms. The maximum absolute atomic E-state index is 12.9. The van der Waals surface area contributed by atoms with Crippen LogP contribution in [0.3, 0.4) is 0 Å². The molecule has 0 saturated heterocycles. The highest BCUT2D eigenvalue weighted by Crippen LogP contribution is 2.15. The molecule has 1 atom stereocenters. The van der Waals surface area contributed by atoms with E-state index in [2.05, 4.69) is 130 Å². The molecule has 0 fully saturated rings. The van der Waals surface area contributed by atoms with Gasteiger partial charge in [0.15, 0.2) is 6.10 Å². The van der Waals surface area contributed by atoms with Gasteiger partial charge in [-0.25, -0.2) is 0 Å². The molecule has 1 unspecified atom stereocenters. The summed E-state index contributed by atoms with van der Waals surface area (Å²) in [6, 6.07) is 0. The number of rotatable bonds is 54. The molecule has 0 aromatic heterocycles. The number of esters is 3. The minimum atomic E-state index is -0.794. The van der Waals surface area contributed by atoms with Crippen molar-refractivity contribution in [3.05, 3.63) is 109 Å². The third kappa shape index (κ3) is 58.8. The average Bonchev–Trinajstić information content (AvgIpc) is 3.39. The molecule has 0 bridgehead atoms. The van der Waals surface area contributed by atoms with E-state index in [-0.39, 0.29) is 31.1 Å². The molecule has 6 heteroatoms. The van der Waals surface area contributed by atoms with Crippen LogP contribution in [-0.4, -0.2) is 37.2 Å². The number of allylic oxidation sites excluding steroid dienone is 18. The predicted octanol–water partition coefficient (Wildman–Crippen LogP) is 20.7.